The first-order valence-electron chi connectivity index (χ1n) is 8.93. The zero-order chi connectivity index (χ0) is 20.4. The molecule has 0 saturated carbocycles. The van der Waals surface area contributed by atoms with Gasteiger partial charge < -0.3 is 4.90 Å². The number of hydrogen-bond acceptors (Lipinski definition) is 5. The van der Waals surface area contributed by atoms with Crippen molar-refractivity contribution in [3.8, 4) is 0 Å². The Morgan fingerprint density at radius 2 is 1.96 bits per heavy atom. The van der Waals surface area contributed by atoms with Gasteiger partial charge in [-0.25, -0.2) is 9.37 Å². The molecule has 0 atom stereocenters. The molecule has 0 aliphatic carbocycles. The number of aryl methyl sites for hydroxylation is 2. The highest BCUT2D eigenvalue weighted by Gasteiger charge is 2.18. The first kappa shape index (κ1) is 20.5. The predicted octanol–water partition coefficient (Wildman–Crippen LogP) is 3.98. The molecular weight excluding hydrogens is 397 g/mol. The zero-order valence-electron chi connectivity index (χ0n) is 16.3. The van der Waals surface area contributed by atoms with Crippen molar-refractivity contribution in [1.82, 2.24) is 14.5 Å². The number of halogens is 1. The van der Waals surface area contributed by atoms with Crippen LogP contribution in [-0.4, -0.2) is 33.2 Å². The topological polar surface area (TPSA) is 55.2 Å². The smallest absolute Gasteiger partial charge is 0.263 e. The predicted molar refractivity (Wildman–Crippen MR) is 113 cm³/mol. The van der Waals surface area contributed by atoms with Crippen LogP contribution >= 0.6 is 23.1 Å². The summed E-state index contributed by atoms with van der Waals surface area (Å²) in [6.07, 6.45) is 0. The molecule has 0 spiro atoms. The number of rotatable bonds is 6. The molecule has 28 heavy (non-hydrogen) atoms. The molecule has 1 amide bonds. The number of benzene rings is 1. The van der Waals surface area contributed by atoms with Crippen molar-refractivity contribution in [2.75, 3.05) is 12.8 Å². The lowest BCUT2D eigenvalue weighted by Gasteiger charge is -2.17. The number of thioether (sulfide) groups is 1. The highest BCUT2D eigenvalue weighted by Crippen LogP contribution is 2.28. The molecule has 2 heterocycles. The monoisotopic (exact) mass is 419 g/mol. The van der Waals surface area contributed by atoms with Crippen LogP contribution < -0.4 is 5.56 Å². The molecule has 0 aliphatic heterocycles. The van der Waals surface area contributed by atoms with E-state index in [-0.39, 0.29) is 23.0 Å². The maximum absolute atomic E-state index is 13.0. The molecular formula is C20H22FN3O2S2. The van der Waals surface area contributed by atoms with Gasteiger partial charge in [0, 0.05) is 25.0 Å². The highest BCUT2D eigenvalue weighted by atomic mass is 32.2. The van der Waals surface area contributed by atoms with Crippen molar-refractivity contribution in [3.63, 3.8) is 0 Å². The van der Waals surface area contributed by atoms with E-state index in [1.165, 1.54) is 35.2 Å². The summed E-state index contributed by atoms with van der Waals surface area (Å²) in [5.74, 6) is -0.199. The molecule has 148 valence electrons. The summed E-state index contributed by atoms with van der Waals surface area (Å²) in [5.41, 5.74) is 1.78. The second kappa shape index (κ2) is 8.45. The summed E-state index contributed by atoms with van der Waals surface area (Å²) >= 11 is 2.78. The van der Waals surface area contributed by atoms with Crippen LogP contribution in [0.2, 0.25) is 0 Å². The Labute approximate surface area is 171 Å². The number of fused-ring (bicyclic) bond motifs is 1. The second-order valence-corrected chi connectivity index (χ2v) is 8.72. The molecule has 0 radical (unpaired) electrons. The number of aromatic nitrogens is 2. The molecule has 5 nitrogen and oxygen atoms in total. The van der Waals surface area contributed by atoms with E-state index in [2.05, 4.69) is 4.98 Å². The Balaban J connectivity index is 1.76. The summed E-state index contributed by atoms with van der Waals surface area (Å²) < 4.78 is 14.6. The van der Waals surface area contributed by atoms with E-state index >= 15 is 0 Å². The maximum Gasteiger partial charge on any atom is 0.263 e. The molecule has 3 rings (SSSR count). The van der Waals surface area contributed by atoms with Crippen molar-refractivity contribution >= 4 is 39.2 Å². The van der Waals surface area contributed by atoms with E-state index in [4.69, 9.17) is 0 Å². The molecule has 0 saturated heterocycles. The minimum absolute atomic E-state index is 0.0519. The fourth-order valence-electron chi connectivity index (χ4n) is 2.89. The van der Waals surface area contributed by atoms with E-state index in [0.717, 1.165) is 20.8 Å². The van der Waals surface area contributed by atoms with Gasteiger partial charge in [-0.1, -0.05) is 23.9 Å². The Bertz CT molecular complexity index is 1070. The van der Waals surface area contributed by atoms with E-state index in [1.54, 1.807) is 28.6 Å². The number of hydrogen-bond donors (Lipinski definition) is 0. The van der Waals surface area contributed by atoms with Gasteiger partial charge in [0.15, 0.2) is 5.16 Å². The minimum atomic E-state index is -0.300. The van der Waals surface area contributed by atoms with Crippen molar-refractivity contribution in [2.45, 2.75) is 39.0 Å². The number of amides is 1. The van der Waals surface area contributed by atoms with Crippen LogP contribution in [-0.2, 0) is 17.9 Å². The van der Waals surface area contributed by atoms with Gasteiger partial charge in [-0.05, 0) is 44.0 Å². The van der Waals surface area contributed by atoms with Gasteiger partial charge in [0.25, 0.3) is 5.56 Å². The van der Waals surface area contributed by atoms with Crippen molar-refractivity contribution in [3.05, 3.63) is 56.4 Å². The number of carbonyl (C=O) groups is 1. The van der Waals surface area contributed by atoms with Crippen LogP contribution in [0.5, 0.6) is 0 Å². The lowest BCUT2D eigenvalue weighted by Crippen LogP contribution is -2.28. The molecule has 1 aromatic carbocycles. The van der Waals surface area contributed by atoms with Crippen LogP contribution in [0.25, 0.3) is 10.2 Å². The van der Waals surface area contributed by atoms with Crippen LogP contribution in [0.15, 0.2) is 34.2 Å². The molecule has 0 unspecified atom stereocenters. The van der Waals surface area contributed by atoms with Gasteiger partial charge in [0.05, 0.1) is 11.1 Å². The third-order valence-corrected chi connectivity index (χ3v) is 6.72. The van der Waals surface area contributed by atoms with Crippen molar-refractivity contribution < 1.29 is 9.18 Å². The first-order chi connectivity index (χ1) is 13.3. The third-order valence-electron chi connectivity index (χ3n) is 4.65. The standard InChI is InChI=1S/C20H22FN3O2S2/c1-5-24-19(26)17-12(2)13(3)28-18(17)22-20(24)27-11-16(25)23(4)10-14-6-8-15(21)9-7-14/h6-9H,5,10-11H2,1-4H3. The lowest BCUT2D eigenvalue weighted by molar-refractivity contribution is -0.127. The maximum atomic E-state index is 13.0. The fraction of sp³-hybridized carbons (Fsp3) is 0.350. The van der Waals surface area contributed by atoms with E-state index in [9.17, 15) is 14.0 Å². The molecule has 0 bridgehead atoms. The number of carbonyl (C=O) groups excluding carboxylic acids is 1. The van der Waals surface area contributed by atoms with Gasteiger partial charge in [0.1, 0.15) is 10.6 Å². The van der Waals surface area contributed by atoms with Gasteiger partial charge in [-0.15, -0.1) is 11.3 Å². The number of nitrogens with zero attached hydrogens (tertiary/aromatic N) is 3. The summed E-state index contributed by atoms with van der Waals surface area (Å²) in [5, 5.41) is 1.23. The second-order valence-electron chi connectivity index (χ2n) is 6.57. The van der Waals surface area contributed by atoms with Gasteiger partial charge in [0.2, 0.25) is 5.91 Å². The van der Waals surface area contributed by atoms with Crippen LogP contribution in [0.3, 0.4) is 0 Å². The molecule has 0 N–H and O–H groups in total. The largest absolute Gasteiger partial charge is 0.341 e. The quantitative estimate of drug-likeness (QED) is 0.448. The highest BCUT2D eigenvalue weighted by molar-refractivity contribution is 7.99. The Morgan fingerprint density at radius 1 is 1.29 bits per heavy atom. The summed E-state index contributed by atoms with van der Waals surface area (Å²) in [6, 6.07) is 6.09. The summed E-state index contributed by atoms with van der Waals surface area (Å²) in [7, 11) is 1.71. The Morgan fingerprint density at radius 3 is 2.61 bits per heavy atom. The normalized spacial score (nSPS) is 11.2. The molecule has 2 aromatic heterocycles. The fourth-order valence-corrected chi connectivity index (χ4v) is 4.96. The Kier molecular flexibility index (Phi) is 6.20. The first-order valence-corrected chi connectivity index (χ1v) is 10.7. The lowest BCUT2D eigenvalue weighted by atomic mass is 10.2. The van der Waals surface area contributed by atoms with Crippen LogP contribution in [0.1, 0.15) is 22.9 Å². The van der Waals surface area contributed by atoms with E-state index in [1.807, 2.05) is 20.8 Å². The molecule has 0 aliphatic rings. The van der Waals surface area contributed by atoms with Crippen LogP contribution in [0, 0.1) is 19.7 Å². The summed E-state index contributed by atoms with van der Waals surface area (Å²) in [6.45, 7) is 6.72. The van der Waals surface area contributed by atoms with E-state index in [0.29, 0.717) is 23.6 Å². The van der Waals surface area contributed by atoms with Crippen LogP contribution in [0.4, 0.5) is 4.39 Å². The molecule has 3 aromatic rings. The average Bonchev–Trinajstić information content (AvgIpc) is 2.95. The Hall–Kier alpha value is -2.19. The molecule has 8 heteroatoms. The molecule has 0 fully saturated rings. The minimum Gasteiger partial charge on any atom is -0.341 e. The average molecular weight is 420 g/mol. The number of thiophene rings is 1. The van der Waals surface area contributed by atoms with Gasteiger partial charge >= 0.3 is 0 Å². The van der Waals surface area contributed by atoms with Gasteiger partial charge in [-0.2, -0.15) is 0 Å². The zero-order valence-corrected chi connectivity index (χ0v) is 17.9. The summed E-state index contributed by atoms with van der Waals surface area (Å²) in [4.78, 5) is 33.4. The van der Waals surface area contributed by atoms with Crippen molar-refractivity contribution in [1.29, 1.82) is 0 Å². The van der Waals surface area contributed by atoms with Crippen molar-refractivity contribution in [2.24, 2.45) is 0 Å². The third kappa shape index (κ3) is 4.12. The van der Waals surface area contributed by atoms with Gasteiger partial charge in [-0.3, -0.25) is 14.2 Å². The van der Waals surface area contributed by atoms with E-state index < -0.39 is 0 Å². The SMILES string of the molecule is CCn1c(SCC(=O)N(C)Cc2ccc(F)cc2)nc2sc(C)c(C)c2c1=O.